The largest absolute Gasteiger partial charge is 0.265 e. The Labute approximate surface area is 236 Å². The van der Waals surface area contributed by atoms with Gasteiger partial charge in [-0.15, -0.1) is 0 Å². The number of aromatic nitrogens is 2. The first-order valence-electron chi connectivity index (χ1n) is 13.0. The average molecular weight is 535 g/mol. The predicted molar refractivity (Wildman–Crippen MR) is 159 cm³/mol. The highest BCUT2D eigenvalue weighted by Crippen LogP contribution is 2.62. The van der Waals surface area contributed by atoms with Crippen LogP contribution in [0.4, 0.5) is 0 Å². The molecule has 6 aromatic rings. The second-order valence-electron chi connectivity index (χ2n) is 9.82. The molecule has 2 aliphatic heterocycles. The summed E-state index contributed by atoms with van der Waals surface area (Å²) in [4.78, 5) is 14.0. The van der Waals surface area contributed by atoms with E-state index in [4.69, 9.17) is 0 Å². The Bertz CT molecular complexity index is 1730. The highest BCUT2D eigenvalue weighted by molar-refractivity contribution is 8.00. The third-order valence-corrected chi connectivity index (χ3v) is 10.0. The van der Waals surface area contributed by atoms with Crippen LogP contribution in [0.3, 0.4) is 0 Å². The lowest BCUT2D eigenvalue weighted by Gasteiger charge is -2.45. The van der Waals surface area contributed by atoms with Crippen LogP contribution in [-0.4, -0.2) is 9.97 Å². The van der Waals surface area contributed by atoms with E-state index in [0.29, 0.717) is 0 Å². The van der Waals surface area contributed by atoms with Gasteiger partial charge in [0, 0.05) is 43.7 Å². The fourth-order valence-electron chi connectivity index (χ4n) is 6.09. The van der Waals surface area contributed by atoms with Gasteiger partial charge in [-0.05, 0) is 81.9 Å². The molecule has 1 unspecified atom stereocenters. The minimum Gasteiger partial charge on any atom is -0.265 e. The molecule has 4 heterocycles. The number of nitrogens with zero attached hydrogens (tertiary/aromatic N) is 2. The Kier molecular flexibility index (Phi) is 5.25. The highest BCUT2D eigenvalue weighted by Gasteiger charge is 2.48. The average Bonchev–Trinajstić information content (AvgIpc) is 3.01. The molecule has 0 fully saturated rings. The third kappa shape index (κ3) is 3.45. The van der Waals surface area contributed by atoms with Crippen molar-refractivity contribution in [1.82, 2.24) is 9.97 Å². The van der Waals surface area contributed by atoms with Crippen molar-refractivity contribution in [1.29, 1.82) is 0 Å². The van der Waals surface area contributed by atoms with Gasteiger partial charge in [0.05, 0.1) is 11.1 Å². The first-order chi connectivity index (χ1) is 19.3. The quantitative estimate of drug-likeness (QED) is 0.221. The lowest BCUT2D eigenvalue weighted by molar-refractivity contribution is 0.667. The van der Waals surface area contributed by atoms with Crippen molar-refractivity contribution in [2.75, 3.05) is 0 Å². The molecule has 0 N–H and O–H groups in total. The Morgan fingerprint density at radius 1 is 0.436 bits per heavy atom. The van der Waals surface area contributed by atoms with Crippen molar-refractivity contribution in [3.05, 3.63) is 156 Å². The molecule has 1 spiro atoms. The number of rotatable bonds is 2. The summed E-state index contributed by atoms with van der Waals surface area (Å²) in [6.07, 6.45) is 5.59. The summed E-state index contributed by atoms with van der Waals surface area (Å²) in [5.74, 6) is 0. The molecule has 0 saturated heterocycles. The molecular weight excluding hydrogens is 513 g/mol. The standard InChI is InChI=1S/C35H22N2S2/c1-3-10-31-26(7-1)35(28-14-12-24(21-33(28)38-31)23-16-19-36-20-17-23)27-8-2-4-11-32(27)39-34-22-25(13-15-29(34)35)30-9-5-6-18-37-30/h1-22H. The van der Waals surface area contributed by atoms with Crippen molar-refractivity contribution in [2.45, 2.75) is 25.0 Å². The van der Waals surface area contributed by atoms with E-state index >= 15 is 0 Å². The van der Waals surface area contributed by atoms with Crippen LogP contribution in [0.15, 0.2) is 153 Å². The van der Waals surface area contributed by atoms with Crippen molar-refractivity contribution in [2.24, 2.45) is 0 Å². The monoisotopic (exact) mass is 534 g/mol. The molecule has 39 heavy (non-hydrogen) atoms. The van der Waals surface area contributed by atoms with Crippen molar-refractivity contribution < 1.29 is 0 Å². The van der Waals surface area contributed by atoms with E-state index in [-0.39, 0.29) is 0 Å². The van der Waals surface area contributed by atoms with Gasteiger partial charge in [-0.25, -0.2) is 0 Å². The molecule has 0 saturated carbocycles. The summed E-state index contributed by atoms with van der Waals surface area (Å²) in [6, 6.07) is 42.1. The molecule has 4 aromatic carbocycles. The number of fused-ring (bicyclic) bond motifs is 8. The minimum absolute atomic E-state index is 0.409. The van der Waals surface area contributed by atoms with Crippen molar-refractivity contribution >= 4 is 23.5 Å². The van der Waals surface area contributed by atoms with Crippen LogP contribution < -0.4 is 0 Å². The molecule has 0 aliphatic carbocycles. The van der Waals surface area contributed by atoms with Crippen LogP contribution >= 0.6 is 23.5 Å². The fraction of sp³-hybridized carbons (Fsp3) is 0.0286. The number of hydrogen-bond acceptors (Lipinski definition) is 4. The molecule has 2 nitrogen and oxygen atoms in total. The van der Waals surface area contributed by atoms with Gasteiger partial charge in [-0.2, -0.15) is 0 Å². The van der Waals surface area contributed by atoms with Gasteiger partial charge < -0.3 is 0 Å². The van der Waals surface area contributed by atoms with E-state index in [0.717, 1.165) is 11.3 Å². The van der Waals surface area contributed by atoms with Crippen LogP contribution in [0.5, 0.6) is 0 Å². The molecular formula is C35H22N2S2. The van der Waals surface area contributed by atoms with Crippen LogP contribution in [0.1, 0.15) is 22.3 Å². The summed E-state index contributed by atoms with van der Waals surface area (Å²) < 4.78 is 0. The molecule has 0 radical (unpaired) electrons. The number of hydrogen-bond donors (Lipinski definition) is 0. The van der Waals surface area contributed by atoms with Gasteiger partial charge >= 0.3 is 0 Å². The highest BCUT2D eigenvalue weighted by atomic mass is 32.2. The molecule has 0 amide bonds. The lowest BCUT2D eigenvalue weighted by atomic mass is 9.64. The number of pyridine rings is 2. The zero-order valence-corrected chi connectivity index (χ0v) is 22.5. The lowest BCUT2D eigenvalue weighted by Crippen LogP contribution is -2.36. The van der Waals surface area contributed by atoms with Crippen LogP contribution in [0.2, 0.25) is 0 Å². The van der Waals surface area contributed by atoms with Gasteiger partial charge in [-0.1, -0.05) is 90.3 Å². The van der Waals surface area contributed by atoms with Crippen LogP contribution in [0.25, 0.3) is 22.4 Å². The predicted octanol–water partition coefficient (Wildman–Crippen LogP) is 9.12. The van der Waals surface area contributed by atoms with Gasteiger partial charge in [0.15, 0.2) is 0 Å². The SMILES string of the molecule is c1ccc(-c2ccc3c(c2)Sc2ccccc2C32c3ccccc3Sc3cc(-c4ccncc4)ccc32)nc1. The Morgan fingerprint density at radius 3 is 1.64 bits per heavy atom. The molecule has 1 atom stereocenters. The van der Waals surface area contributed by atoms with Crippen molar-refractivity contribution in [3.8, 4) is 22.4 Å². The molecule has 184 valence electrons. The van der Waals surface area contributed by atoms with Gasteiger partial charge in [0.1, 0.15) is 0 Å². The molecule has 8 rings (SSSR count). The van der Waals surface area contributed by atoms with E-state index in [1.807, 2.05) is 48.2 Å². The normalized spacial score (nSPS) is 16.6. The van der Waals surface area contributed by atoms with E-state index in [9.17, 15) is 0 Å². The minimum atomic E-state index is -0.409. The summed E-state index contributed by atoms with van der Waals surface area (Å²) in [6.45, 7) is 0. The molecule has 2 aromatic heterocycles. The first-order valence-corrected chi connectivity index (χ1v) is 14.6. The van der Waals surface area contributed by atoms with Gasteiger partial charge in [0.2, 0.25) is 0 Å². The summed E-state index contributed by atoms with van der Waals surface area (Å²) >= 11 is 3.74. The van der Waals surface area contributed by atoms with E-state index in [1.165, 1.54) is 53.0 Å². The topological polar surface area (TPSA) is 25.8 Å². The maximum atomic E-state index is 4.64. The van der Waals surface area contributed by atoms with Crippen LogP contribution in [0, 0.1) is 0 Å². The van der Waals surface area contributed by atoms with Crippen LogP contribution in [-0.2, 0) is 5.41 Å². The second kappa shape index (κ2) is 8.98. The zero-order chi connectivity index (χ0) is 25.8. The second-order valence-corrected chi connectivity index (χ2v) is 12.0. The molecule has 0 bridgehead atoms. The summed E-state index contributed by atoms with van der Waals surface area (Å²) in [7, 11) is 0. The summed E-state index contributed by atoms with van der Waals surface area (Å²) in [5, 5.41) is 0. The Balaban J connectivity index is 1.44. The fourth-order valence-corrected chi connectivity index (χ4v) is 8.55. The van der Waals surface area contributed by atoms with E-state index in [2.05, 4.69) is 119 Å². The number of benzene rings is 4. The Hall–Kier alpha value is -4.12. The third-order valence-electron chi connectivity index (χ3n) is 7.77. The first kappa shape index (κ1) is 22.8. The molecule has 4 heteroatoms. The summed E-state index contributed by atoms with van der Waals surface area (Å²) in [5.41, 5.74) is 9.48. The maximum Gasteiger partial charge on any atom is 0.0745 e. The molecule has 2 aliphatic rings. The zero-order valence-electron chi connectivity index (χ0n) is 20.9. The maximum absolute atomic E-state index is 4.64. The van der Waals surface area contributed by atoms with E-state index in [1.54, 1.807) is 0 Å². The van der Waals surface area contributed by atoms with Crippen molar-refractivity contribution in [3.63, 3.8) is 0 Å². The Morgan fingerprint density at radius 2 is 1.00 bits per heavy atom. The van der Waals surface area contributed by atoms with E-state index < -0.39 is 5.41 Å². The van der Waals surface area contributed by atoms with Gasteiger partial charge in [-0.3, -0.25) is 9.97 Å². The van der Waals surface area contributed by atoms with Gasteiger partial charge in [0.25, 0.3) is 0 Å². The smallest absolute Gasteiger partial charge is 0.0745 e.